The number of rotatable bonds is 5. The fraction of sp³-hybridized carbons (Fsp3) is 0.294. The van der Waals surface area contributed by atoms with Crippen molar-refractivity contribution >= 4 is 17.3 Å². The van der Waals surface area contributed by atoms with Gasteiger partial charge in [0.1, 0.15) is 5.02 Å². The number of alkyl halides is 3. The molecule has 0 radical (unpaired) electrons. The van der Waals surface area contributed by atoms with E-state index < -0.39 is 17.3 Å². The van der Waals surface area contributed by atoms with Crippen molar-refractivity contribution in [3.63, 3.8) is 0 Å². The van der Waals surface area contributed by atoms with Crippen molar-refractivity contribution < 1.29 is 13.2 Å². The number of anilines is 1. The Hall–Kier alpha value is -2.88. The van der Waals surface area contributed by atoms with Crippen LogP contribution < -0.4 is 10.9 Å². The van der Waals surface area contributed by atoms with Gasteiger partial charge in [-0.15, -0.1) is 0 Å². The van der Waals surface area contributed by atoms with Gasteiger partial charge in [0, 0.05) is 31.5 Å². The second kappa shape index (κ2) is 7.63. The lowest BCUT2D eigenvalue weighted by Crippen LogP contribution is -2.23. The molecule has 3 heterocycles. The van der Waals surface area contributed by atoms with Gasteiger partial charge >= 0.3 is 6.18 Å². The maximum atomic E-state index is 12.6. The minimum Gasteiger partial charge on any atom is -0.378 e. The Kier molecular flexibility index (Phi) is 5.41. The average molecular weight is 413 g/mol. The molecule has 0 atom stereocenters. The molecule has 1 N–H and O–H groups in total. The number of aromatic nitrogens is 5. The molecule has 3 rings (SSSR count). The summed E-state index contributed by atoms with van der Waals surface area (Å²) in [6.07, 6.45) is 0.0633. The van der Waals surface area contributed by atoms with Crippen molar-refractivity contribution in [1.29, 1.82) is 0 Å². The summed E-state index contributed by atoms with van der Waals surface area (Å²) in [5.74, 6) is -0.0630. The van der Waals surface area contributed by atoms with Crippen LogP contribution in [0.4, 0.5) is 18.9 Å². The normalized spacial score (nSPS) is 11.6. The Labute approximate surface area is 162 Å². The molecule has 28 heavy (non-hydrogen) atoms. The fourth-order valence-electron chi connectivity index (χ4n) is 2.62. The lowest BCUT2D eigenvalue weighted by molar-refractivity contribution is -0.137. The van der Waals surface area contributed by atoms with Crippen LogP contribution in [0.1, 0.15) is 23.7 Å². The van der Waals surface area contributed by atoms with Crippen molar-refractivity contribution in [1.82, 2.24) is 24.5 Å². The van der Waals surface area contributed by atoms with Gasteiger partial charge in [0.25, 0.3) is 5.56 Å². The van der Waals surface area contributed by atoms with Crippen LogP contribution >= 0.6 is 11.6 Å². The monoisotopic (exact) mass is 412 g/mol. The first-order valence-corrected chi connectivity index (χ1v) is 8.65. The van der Waals surface area contributed by atoms with Crippen LogP contribution in [0.15, 0.2) is 35.5 Å². The van der Waals surface area contributed by atoms with Crippen LogP contribution in [0, 0.1) is 0 Å². The summed E-state index contributed by atoms with van der Waals surface area (Å²) >= 11 is 6.13. The highest BCUT2D eigenvalue weighted by Gasteiger charge is 2.30. The van der Waals surface area contributed by atoms with Gasteiger partial charge in [0.05, 0.1) is 23.1 Å². The SMILES string of the molecule is CCc1nn(C)cc1CNc1cnn(-c2ccc(C(F)(F)F)cn2)c(=O)c1Cl. The summed E-state index contributed by atoms with van der Waals surface area (Å²) in [6.45, 7) is 2.37. The van der Waals surface area contributed by atoms with E-state index in [2.05, 4.69) is 20.5 Å². The van der Waals surface area contributed by atoms with Crippen LogP contribution in [0.25, 0.3) is 5.82 Å². The maximum absolute atomic E-state index is 12.6. The zero-order valence-corrected chi connectivity index (χ0v) is 15.7. The molecule has 11 heteroatoms. The largest absolute Gasteiger partial charge is 0.417 e. The standard InChI is InChI=1S/C17H16ClF3N6O/c1-3-12-10(9-26(2)25-12)6-22-13-8-24-27(16(28)15(13)18)14-5-4-11(7-23-14)17(19,20)21/h4-5,7-9,22H,3,6H2,1-2H3. The van der Waals surface area contributed by atoms with E-state index >= 15 is 0 Å². The van der Waals surface area contributed by atoms with Crippen molar-refractivity contribution in [2.75, 3.05) is 5.32 Å². The topological polar surface area (TPSA) is 77.6 Å². The molecule has 0 bridgehead atoms. The van der Waals surface area contributed by atoms with Crippen molar-refractivity contribution in [2.45, 2.75) is 26.1 Å². The van der Waals surface area contributed by atoms with E-state index in [1.54, 1.807) is 4.68 Å². The third-order valence-electron chi connectivity index (χ3n) is 4.01. The summed E-state index contributed by atoms with van der Waals surface area (Å²) in [5, 5.41) is 11.2. The zero-order valence-electron chi connectivity index (χ0n) is 15.0. The Balaban J connectivity index is 1.84. The Bertz CT molecular complexity index is 1040. The predicted molar refractivity (Wildman–Crippen MR) is 97.6 cm³/mol. The lowest BCUT2D eigenvalue weighted by atomic mass is 10.2. The number of nitrogens with zero attached hydrogens (tertiary/aromatic N) is 5. The molecular weight excluding hydrogens is 397 g/mol. The molecule has 3 aromatic rings. The van der Waals surface area contributed by atoms with Crippen molar-refractivity contribution in [3.05, 3.63) is 62.9 Å². The molecule has 3 aromatic heterocycles. The minimum atomic E-state index is -4.51. The first-order chi connectivity index (χ1) is 13.2. The Morgan fingerprint density at radius 2 is 2.00 bits per heavy atom. The second-order valence-electron chi connectivity index (χ2n) is 5.97. The molecule has 0 saturated carbocycles. The van der Waals surface area contributed by atoms with Gasteiger partial charge < -0.3 is 5.32 Å². The van der Waals surface area contributed by atoms with Crippen molar-refractivity contribution in [3.8, 4) is 5.82 Å². The van der Waals surface area contributed by atoms with Crippen LogP contribution in [0.5, 0.6) is 0 Å². The number of hydrogen-bond acceptors (Lipinski definition) is 5. The molecule has 0 aliphatic carbocycles. The third kappa shape index (κ3) is 4.01. The molecule has 0 aromatic carbocycles. The van der Waals surface area contributed by atoms with Gasteiger partial charge in [-0.05, 0) is 18.6 Å². The number of hydrogen-bond donors (Lipinski definition) is 1. The predicted octanol–water partition coefficient (Wildman–Crippen LogP) is 3.21. The Morgan fingerprint density at radius 1 is 1.25 bits per heavy atom. The molecule has 0 fully saturated rings. The van der Waals surface area contributed by atoms with E-state index in [0.717, 1.165) is 34.5 Å². The van der Waals surface area contributed by atoms with Crippen LogP contribution in [-0.4, -0.2) is 24.5 Å². The van der Waals surface area contributed by atoms with Gasteiger partial charge in [-0.2, -0.15) is 28.1 Å². The summed E-state index contributed by atoms with van der Waals surface area (Å²) in [4.78, 5) is 16.1. The van der Waals surface area contributed by atoms with E-state index in [9.17, 15) is 18.0 Å². The number of nitrogens with one attached hydrogen (secondary N) is 1. The molecular formula is C17H16ClF3N6O. The number of halogens is 4. The van der Waals surface area contributed by atoms with Gasteiger partial charge in [-0.3, -0.25) is 9.48 Å². The van der Waals surface area contributed by atoms with Crippen LogP contribution in [0.2, 0.25) is 5.02 Å². The summed E-state index contributed by atoms with van der Waals surface area (Å²) in [6, 6.07) is 1.88. The molecule has 0 spiro atoms. The van der Waals surface area contributed by atoms with Gasteiger partial charge in [-0.1, -0.05) is 18.5 Å². The highest BCUT2D eigenvalue weighted by Crippen LogP contribution is 2.28. The van der Waals surface area contributed by atoms with Crippen molar-refractivity contribution in [2.24, 2.45) is 7.05 Å². The smallest absolute Gasteiger partial charge is 0.378 e. The first kappa shape index (κ1) is 19.9. The quantitative estimate of drug-likeness (QED) is 0.696. The van der Waals surface area contributed by atoms with E-state index in [1.165, 1.54) is 6.20 Å². The minimum absolute atomic E-state index is 0.0630. The average Bonchev–Trinajstić information content (AvgIpc) is 3.02. The van der Waals surface area contributed by atoms with E-state index in [0.29, 0.717) is 18.4 Å². The third-order valence-corrected chi connectivity index (χ3v) is 4.37. The summed E-state index contributed by atoms with van der Waals surface area (Å²) < 4.78 is 40.5. The second-order valence-corrected chi connectivity index (χ2v) is 6.35. The summed E-state index contributed by atoms with van der Waals surface area (Å²) in [7, 11) is 1.81. The van der Waals surface area contributed by atoms with E-state index in [1.807, 2.05) is 20.2 Å². The Morgan fingerprint density at radius 3 is 2.61 bits per heavy atom. The fourth-order valence-corrected chi connectivity index (χ4v) is 2.81. The molecule has 7 nitrogen and oxygen atoms in total. The van der Waals surface area contributed by atoms with E-state index in [4.69, 9.17) is 11.6 Å². The number of aryl methyl sites for hydroxylation is 2. The maximum Gasteiger partial charge on any atom is 0.417 e. The molecule has 0 amide bonds. The van der Waals surface area contributed by atoms with Crippen LogP contribution in [0.3, 0.4) is 0 Å². The van der Waals surface area contributed by atoms with E-state index in [-0.39, 0.29) is 10.8 Å². The lowest BCUT2D eigenvalue weighted by Gasteiger charge is -2.11. The highest BCUT2D eigenvalue weighted by molar-refractivity contribution is 6.32. The summed E-state index contributed by atoms with van der Waals surface area (Å²) in [5.41, 5.74) is 0.564. The molecule has 0 aliphatic rings. The van der Waals surface area contributed by atoms with Gasteiger partial charge in [-0.25, -0.2) is 4.98 Å². The van der Waals surface area contributed by atoms with Crippen LogP contribution in [-0.2, 0) is 26.2 Å². The highest BCUT2D eigenvalue weighted by atomic mass is 35.5. The molecule has 0 saturated heterocycles. The first-order valence-electron chi connectivity index (χ1n) is 8.27. The van der Waals surface area contributed by atoms with Gasteiger partial charge in [0.15, 0.2) is 5.82 Å². The molecule has 0 aliphatic heterocycles. The molecule has 148 valence electrons. The van der Waals surface area contributed by atoms with Gasteiger partial charge in [0.2, 0.25) is 0 Å². The number of pyridine rings is 1. The molecule has 0 unspecified atom stereocenters. The zero-order chi connectivity index (χ0) is 20.5.